The number of halogens is 3. The molecule has 4 rings (SSSR count). The van der Waals surface area contributed by atoms with Gasteiger partial charge in [0.1, 0.15) is 5.03 Å². The summed E-state index contributed by atoms with van der Waals surface area (Å²) in [6.07, 6.45) is -3.59. The second-order valence-electron chi connectivity index (χ2n) is 6.51. The van der Waals surface area contributed by atoms with Gasteiger partial charge in [-0.15, -0.1) is 11.3 Å². The zero-order valence-electron chi connectivity index (χ0n) is 14.6. The quantitative estimate of drug-likeness (QED) is 0.364. The fraction of sp³-hybridized carbons (Fsp3) is 0.316. The first-order chi connectivity index (χ1) is 13.4. The Bertz CT molecular complexity index is 1010. The van der Waals surface area contributed by atoms with Gasteiger partial charge in [0.25, 0.3) is 0 Å². The zero-order valence-corrected chi connectivity index (χ0v) is 16.3. The molecule has 0 radical (unpaired) electrons. The number of carbonyl (C=O) groups is 1. The van der Waals surface area contributed by atoms with E-state index in [0.717, 1.165) is 36.8 Å². The van der Waals surface area contributed by atoms with Crippen LogP contribution in [-0.2, 0) is 6.18 Å². The van der Waals surface area contributed by atoms with Crippen LogP contribution in [0.15, 0.2) is 40.7 Å². The van der Waals surface area contributed by atoms with Gasteiger partial charge >= 0.3 is 6.18 Å². The van der Waals surface area contributed by atoms with Crippen LogP contribution in [0, 0.1) is 0 Å². The highest BCUT2D eigenvalue weighted by Gasteiger charge is 2.35. The van der Waals surface area contributed by atoms with Crippen molar-refractivity contribution in [3.05, 3.63) is 52.0 Å². The Labute approximate surface area is 167 Å². The highest BCUT2D eigenvalue weighted by Crippen LogP contribution is 2.33. The van der Waals surface area contributed by atoms with Crippen molar-refractivity contribution in [3.63, 3.8) is 0 Å². The van der Waals surface area contributed by atoms with Crippen LogP contribution in [0.1, 0.15) is 33.4 Å². The first-order valence-electron chi connectivity index (χ1n) is 8.71. The largest absolute Gasteiger partial charge is 0.451 e. The minimum atomic E-state index is -4.64. The summed E-state index contributed by atoms with van der Waals surface area (Å²) in [6, 6.07) is 8.43. The molecule has 1 aliphatic rings. The van der Waals surface area contributed by atoms with Crippen molar-refractivity contribution in [1.29, 1.82) is 0 Å². The number of para-hydroxylation sites is 1. The molecule has 4 nitrogen and oxygen atoms in total. The lowest BCUT2D eigenvalue weighted by Gasteiger charge is -2.10. The number of hydrogen-bond acceptors (Lipinski definition) is 6. The molecule has 3 aromatic rings. The molecule has 9 heteroatoms. The molecule has 28 heavy (non-hydrogen) atoms. The Balaban J connectivity index is 1.54. The Morgan fingerprint density at radius 1 is 1.29 bits per heavy atom. The van der Waals surface area contributed by atoms with Gasteiger partial charge in [-0.2, -0.15) is 13.2 Å². The van der Waals surface area contributed by atoms with E-state index in [0.29, 0.717) is 16.2 Å². The summed E-state index contributed by atoms with van der Waals surface area (Å²) >= 11 is 2.41. The van der Waals surface area contributed by atoms with E-state index in [1.807, 2.05) is 11.4 Å². The van der Waals surface area contributed by atoms with Crippen molar-refractivity contribution in [2.24, 2.45) is 0 Å². The first-order valence-corrected chi connectivity index (χ1v) is 10.6. The van der Waals surface area contributed by atoms with E-state index in [9.17, 15) is 18.0 Å². The number of thioether (sulfide) groups is 1. The van der Waals surface area contributed by atoms with Crippen molar-refractivity contribution in [1.82, 2.24) is 15.3 Å². The fourth-order valence-electron chi connectivity index (χ4n) is 3.14. The third-order valence-corrected chi connectivity index (χ3v) is 6.57. The van der Waals surface area contributed by atoms with Gasteiger partial charge in [-0.25, -0.2) is 9.97 Å². The van der Waals surface area contributed by atoms with Gasteiger partial charge in [-0.05, 0) is 42.0 Å². The second kappa shape index (κ2) is 7.81. The van der Waals surface area contributed by atoms with Crippen molar-refractivity contribution in [2.45, 2.75) is 23.5 Å². The van der Waals surface area contributed by atoms with Crippen LogP contribution in [0.3, 0.4) is 0 Å². The summed E-state index contributed by atoms with van der Waals surface area (Å²) in [5, 5.41) is 5.98. The summed E-state index contributed by atoms with van der Waals surface area (Å²) in [5.41, 5.74) is 1.36. The lowest BCUT2D eigenvalue weighted by atomic mass is 10.0. The summed E-state index contributed by atoms with van der Waals surface area (Å²) in [5.74, 6) is -0.844. The van der Waals surface area contributed by atoms with E-state index in [1.165, 1.54) is 17.4 Å². The minimum absolute atomic E-state index is 0.0289. The molecule has 1 unspecified atom stereocenters. The molecule has 0 spiro atoms. The van der Waals surface area contributed by atoms with Crippen LogP contribution in [0.4, 0.5) is 13.2 Å². The van der Waals surface area contributed by atoms with Crippen LogP contribution in [0.2, 0.25) is 0 Å². The number of aromatic nitrogens is 2. The molecular formula is C19H16F3N3OS2. The molecule has 2 aromatic heterocycles. The van der Waals surface area contributed by atoms with Gasteiger partial charge in [-0.3, -0.25) is 4.79 Å². The maximum Gasteiger partial charge on any atom is 0.451 e. The smallest absolute Gasteiger partial charge is 0.316 e. The van der Waals surface area contributed by atoms with Crippen LogP contribution in [0.5, 0.6) is 0 Å². The van der Waals surface area contributed by atoms with E-state index >= 15 is 0 Å². The molecule has 1 N–H and O–H groups in total. The average Bonchev–Trinajstić information content (AvgIpc) is 3.36. The third-order valence-electron chi connectivity index (χ3n) is 4.59. The Hall–Kier alpha value is -1.97. The van der Waals surface area contributed by atoms with E-state index in [1.54, 1.807) is 18.2 Å². The molecule has 0 amide bonds. The molecule has 1 aromatic carbocycles. The van der Waals surface area contributed by atoms with E-state index in [4.69, 9.17) is 0 Å². The fourth-order valence-corrected chi connectivity index (χ4v) is 5.06. The predicted octanol–water partition coefficient (Wildman–Crippen LogP) is 4.76. The SMILES string of the molecule is O=C(CSc1nc(C(F)(F)F)nc2ccccc12)c1cc(C2CCNC2)cs1. The van der Waals surface area contributed by atoms with Gasteiger partial charge in [0.15, 0.2) is 5.78 Å². The van der Waals surface area contributed by atoms with Gasteiger partial charge in [0, 0.05) is 11.9 Å². The summed E-state index contributed by atoms with van der Waals surface area (Å²) in [7, 11) is 0. The normalized spacial score (nSPS) is 17.3. The number of Topliss-reactive ketones (excluding diaryl/α,β-unsaturated/α-hetero) is 1. The standard InChI is InChI=1S/C19H16F3N3OS2/c20-19(21,22)18-24-14-4-2-1-3-13(14)17(25-18)28-10-15(26)16-7-12(9-27-16)11-5-6-23-8-11/h1-4,7,9,11,23H,5-6,8,10H2. The number of thiophene rings is 1. The Kier molecular flexibility index (Phi) is 5.39. The van der Waals surface area contributed by atoms with E-state index in [2.05, 4.69) is 15.3 Å². The van der Waals surface area contributed by atoms with Gasteiger partial charge in [-0.1, -0.05) is 30.0 Å². The summed E-state index contributed by atoms with van der Waals surface area (Å²) in [4.78, 5) is 20.5. The number of hydrogen-bond donors (Lipinski definition) is 1. The maximum atomic E-state index is 13.1. The number of ketones is 1. The Morgan fingerprint density at radius 3 is 2.86 bits per heavy atom. The van der Waals surface area contributed by atoms with Crippen LogP contribution in [-0.4, -0.2) is 34.6 Å². The van der Waals surface area contributed by atoms with E-state index < -0.39 is 12.0 Å². The predicted molar refractivity (Wildman–Crippen MR) is 104 cm³/mol. The number of alkyl halides is 3. The Morgan fingerprint density at radius 2 is 2.11 bits per heavy atom. The average molecular weight is 423 g/mol. The highest BCUT2D eigenvalue weighted by atomic mass is 32.2. The number of fused-ring (bicyclic) bond motifs is 1. The first kappa shape index (κ1) is 19.4. The van der Waals surface area contributed by atoms with Crippen LogP contribution < -0.4 is 5.32 Å². The van der Waals surface area contributed by atoms with Crippen molar-refractivity contribution >= 4 is 39.8 Å². The van der Waals surface area contributed by atoms with Crippen molar-refractivity contribution < 1.29 is 18.0 Å². The molecule has 0 saturated carbocycles. The maximum absolute atomic E-state index is 13.1. The number of nitrogens with one attached hydrogen (secondary N) is 1. The number of rotatable bonds is 5. The minimum Gasteiger partial charge on any atom is -0.316 e. The van der Waals surface area contributed by atoms with Crippen LogP contribution >= 0.6 is 23.1 Å². The molecule has 146 valence electrons. The molecule has 0 aliphatic carbocycles. The third kappa shape index (κ3) is 4.06. The number of benzene rings is 1. The van der Waals surface area contributed by atoms with Crippen molar-refractivity contribution in [3.8, 4) is 0 Å². The molecule has 1 aliphatic heterocycles. The topological polar surface area (TPSA) is 54.9 Å². The summed E-state index contributed by atoms with van der Waals surface area (Å²) in [6.45, 7) is 1.88. The lowest BCUT2D eigenvalue weighted by molar-refractivity contribution is -0.145. The second-order valence-corrected chi connectivity index (χ2v) is 8.39. The highest BCUT2D eigenvalue weighted by molar-refractivity contribution is 8.00. The number of carbonyl (C=O) groups excluding carboxylic acids is 1. The number of nitrogens with zero attached hydrogens (tertiary/aromatic N) is 2. The zero-order chi connectivity index (χ0) is 19.7. The van der Waals surface area contributed by atoms with Crippen molar-refractivity contribution in [2.75, 3.05) is 18.8 Å². The molecule has 1 saturated heterocycles. The monoisotopic (exact) mass is 423 g/mol. The van der Waals surface area contributed by atoms with Gasteiger partial charge in [0.05, 0.1) is 16.1 Å². The van der Waals surface area contributed by atoms with Crippen LogP contribution in [0.25, 0.3) is 10.9 Å². The molecule has 3 heterocycles. The molecule has 0 bridgehead atoms. The van der Waals surface area contributed by atoms with E-state index in [-0.39, 0.29) is 22.1 Å². The molecule has 1 atom stereocenters. The summed E-state index contributed by atoms with van der Waals surface area (Å²) < 4.78 is 39.3. The van der Waals surface area contributed by atoms with Gasteiger partial charge in [0.2, 0.25) is 5.82 Å². The molecule has 1 fully saturated rings. The van der Waals surface area contributed by atoms with Gasteiger partial charge < -0.3 is 5.32 Å². The molecular weight excluding hydrogens is 407 g/mol. The lowest BCUT2D eigenvalue weighted by Crippen LogP contribution is -2.12.